The summed E-state index contributed by atoms with van der Waals surface area (Å²) < 4.78 is 0. The Morgan fingerprint density at radius 1 is 0.531 bits per heavy atom. The molecule has 4 nitrogen and oxygen atoms in total. The molecule has 0 N–H and O–H groups in total. The Labute approximate surface area is 293 Å². The number of fused-ring (bicyclic) bond motifs is 3. The average Bonchev–Trinajstić information content (AvgIpc) is 3.51. The molecule has 2 heterocycles. The highest BCUT2D eigenvalue weighted by Crippen LogP contribution is 2.38. The van der Waals surface area contributed by atoms with Crippen LogP contribution in [0.5, 0.6) is 0 Å². The summed E-state index contributed by atoms with van der Waals surface area (Å²) in [6.07, 6.45) is 11.2. The zero-order valence-electron chi connectivity index (χ0n) is 29.1. The first kappa shape index (κ1) is 33.6. The molecule has 2 aliphatic heterocycles. The van der Waals surface area contributed by atoms with Crippen molar-refractivity contribution in [2.24, 2.45) is 11.8 Å². The molecule has 2 saturated heterocycles. The first-order valence-electron chi connectivity index (χ1n) is 18.9. The van der Waals surface area contributed by atoms with E-state index in [9.17, 15) is 9.59 Å². The van der Waals surface area contributed by atoms with Crippen LogP contribution in [0.25, 0.3) is 11.1 Å². The summed E-state index contributed by atoms with van der Waals surface area (Å²) in [5.74, 6) is 2.03. The Hall–Kier alpha value is -3.86. The largest absolute Gasteiger partial charge is 0.303 e. The number of nitrogens with zero attached hydrogens (tertiary/aromatic N) is 2. The summed E-state index contributed by atoms with van der Waals surface area (Å²) in [6.45, 7) is 6.57. The quantitative estimate of drug-likeness (QED) is 0.112. The van der Waals surface area contributed by atoms with Crippen molar-refractivity contribution in [3.8, 4) is 11.1 Å². The molecule has 4 aromatic rings. The summed E-state index contributed by atoms with van der Waals surface area (Å²) >= 11 is 0. The van der Waals surface area contributed by atoms with Crippen molar-refractivity contribution in [2.75, 3.05) is 39.3 Å². The highest BCUT2D eigenvalue weighted by Gasteiger charge is 2.23. The minimum absolute atomic E-state index is 0.244. The molecular weight excluding hydrogens is 601 g/mol. The Bertz CT molecular complexity index is 1570. The zero-order chi connectivity index (χ0) is 33.4. The molecular formula is C45H52N2O2. The van der Waals surface area contributed by atoms with Gasteiger partial charge in [0.2, 0.25) is 0 Å². The van der Waals surface area contributed by atoms with Crippen molar-refractivity contribution >= 4 is 11.6 Å². The van der Waals surface area contributed by atoms with Crippen molar-refractivity contribution in [1.82, 2.24) is 9.80 Å². The first-order valence-corrected chi connectivity index (χ1v) is 18.9. The summed E-state index contributed by atoms with van der Waals surface area (Å²) in [5.41, 5.74) is 9.39. The number of carbonyl (C=O) groups is 2. The van der Waals surface area contributed by atoms with Crippen LogP contribution in [-0.4, -0.2) is 60.6 Å². The van der Waals surface area contributed by atoms with E-state index in [1.807, 2.05) is 12.1 Å². The van der Waals surface area contributed by atoms with Crippen LogP contribution in [0.4, 0.5) is 0 Å². The van der Waals surface area contributed by atoms with Crippen LogP contribution in [0.3, 0.4) is 0 Å². The molecule has 0 atom stereocenters. The lowest BCUT2D eigenvalue weighted by molar-refractivity contribution is 0.0962. The lowest BCUT2D eigenvalue weighted by Gasteiger charge is -2.32. The van der Waals surface area contributed by atoms with E-state index in [0.717, 1.165) is 81.5 Å². The Morgan fingerprint density at radius 2 is 0.939 bits per heavy atom. The minimum atomic E-state index is 0.244. The standard InChI is InChI=1S/C45H52N2O2/c48-44(13-7-23-46-25-19-36(20-26-46)29-34-9-3-1-4-10-34)38-15-17-42-40(31-38)33-41-32-39(16-18-43(41)42)45(49)14-8-24-47-27-21-37(22-28-47)30-35-11-5-2-6-12-35/h1-6,9-12,15-18,31-32,36-37H,7-8,13-14,19-30,33H2. The smallest absolute Gasteiger partial charge is 0.162 e. The maximum absolute atomic E-state index is 13.2. The van der Waals surface area contributed by atoms with Crippen molar-refractivity contribution < 1.29 is 9.59 Å². The zero-order valence-corrected chi connectivity index (χ0v) is 29.1. The van der Waals surface area contributed by atoms with E-state index in [4.69, 9.17) is 0 Å². The van der Waals surface area contributed by atoms with Crippen LogP contribution in [0.1, 0.15) is 94.3 Å². The van der Waals surface area contributed by atoms with Gasteiger partial charge in [-0.3, -0.25) is 9.59 Å². The summed E-state index contributed by atoms with van der Waals surface area (Å²) in [6, 6.07) is 34.2. The van der Waals surface area contributed by atoms with Gasteiger partial charge in [-0.15, -0.1) is 0 Å². The van der Waals surface area contributed by atoms with Gasteiger partial charge in [0.05, 0.1) is 0 Å². The van der Waals surface area contributed by atoms with E-state index < -0.39 is 0 Å². The Balaban J connectivity index is 0.826. The van der Waals surface area contributed by atoms with Gasteiger partial charge in [0.15, 0.2) is 11.6 Å². The molecule has 4 aromatic carbocycles. The number of ketones is 2. The molecule has 0 radical (unpaired) electrons. The lowest BCUT2D eigenvalue weighted by atomic mass is 9.90. The molecule has 2 fully saturated rings. The second-order valence-electron chi connectivity index (χ2n) is 14.9. The highest BCUT2D eigenvalue weighted by atomic mass is 16.1. The second-order valence-corrected chi connectivity index (χ2v) is 14.9. The van der Waals surface area contributed by atoms with E-state index in [0.29, 0.717) is 12.8 Å². The number of carbonyl (C=O) groups excluding carboxylic acids is 2. The van der Waals surface area contributed by atoms with Gasteiger partial charge in [0, 0.05) is 24.0 Å². The molecule has 3 aliphatic rings. The summed E-state index contributed by atoms with van der Waals surface area (Å²) in [4.78, 5) is 31.5. The van der Waals surface area contributed by atoms with Gasteiger partial charge in [-0.2, -0.15) is 0 Å². The number of rotatable bonds is 14. The van der Waals surface area contributed by atoms with E-state index in [-0.39, 0.29) is 11.6 Å². The molecule has 7 rings (SSSR count). The number of piperidine rings is 2. The van der Waals surface area contributed by atoms with E-state index in [2.05, 4.69) is 94.7 Å². The molecule has 0 bridgehead atoms. The summed E-state index contributed by atoms with van der Waals surface area (Å²) in [5, 5.41) is 0. The highest BCUT2D eigenvalue weighted by molar-refractivity contribution is 5.99. The maximum Gasteiger partial charge on any atom is 0.162 e. The first-order chi connectivity index (χ1) is 24.1. The van der Waals surface area contributed by atoms with E-state index in [1.165, 1.54) is 71.9 Å². The molecule has 49 heavy (non-hydrogen) atoms. The molecule has 0 saturated carbocycles. The third-order valence-electron chi connectivity index (χ3n) is 11.4. The predicted octanol–water partition coefficient (Wildman–Crippen LogP) is 9.09. The van der Waals surface area contributed by atoms with Gasteiger partial charge in [-0.25, -0.2) is 0 Å². The van der Waals surface area contributed by atoms with Gasteiger partial charge >= 0.3 is 0 Å². The molecule has 4 heteroatoms. The number of likely N-dealkylation sites (tertiary alicyclic amines) is 2. The van der Waals surface area contributed by atoms with Crippen molar-refractivity contribution in [3.63, 3.8) is 0 Å². The average molecular weight is 653 g/mol. The summed E-state index contributed by atoms with van der Waals surface area (Å²) in [7, 11) is 0. The normalized spacial score (nSPS) is 17.1. The van der Waals surface area contributed by atoms with Crippen LogP contribution in [0.15, 0.2) is 97.1 Å². The fraction of sp³-hybridized carbons (Fsp3) is 0.422. The third kappa shape index (κ3) is 8.84. The minimum Gasteiger partial charge on any atom is -0.303 e. The van der Waals surface area contributed by atoms with Gasteiger partial charge in [0.25, 0.3) is 0 Å². The fourth-order valence-electron chi connectivity index (χ4n) is 8.50. The predicted molar refractivity (Wildman–Crippen MR) is 200 cm³/mol. The lowest BCUT2D eigenvalue weighted by Crippen LogP contribution is -2.35. The van der Waals surface area contributed by atoms with Crippen LogP contribution >= 0.6 is 0 Å². The van der Waals surface area contributed by atoms with Gasteiger partial charge in [0.1, 0.15) is 0 Å². The van der Waals surface area contributed by atoms with Crippen LogP contribution in [-0.2, 0) is 19.3 Å². The monoisotopic (exact) mass is 652 g/mol. The topological polar surface area (TPSA) is 40.6 Å². The molecule has 0 spiro atoms. The van der Waals surface area contributed by atoms with Crippen LogP contribution in [0.2, 0.25) is 0 Å². The number of benzene rings is 4. The Kier molecular flexibility index (Phi) is 11.1. The van der Waals surface area contributed by atoms with Crippen LogP contribution in [0, 0.1) is 11.8 Å². The van der Waals surface area contributed by atoms with Gasteiger partial charge in [-0.05, 0) is 154 Å². The van der Waals surface area contributed by atoms with Crippen molar-refractivity contribution in [3.05, 3.63) is 130 Å². The number of hydrogen-bond acceptors (Lipinski definition) is 4. The molecule has 0 unspecified atom stereocenters. The van der Waals surface area contributed by atoms with Gasteiger partial charge in [-0.1, -0.05) is 84.9 Å². The third-order valence-corrected chi connectivity index (χ3v) is 11.4. The maximum atomic E-state index is 13.2. The molecule has 0 aromatic heterocycles. The van der Waals surface area contributed by atoms with E-state index >= 15 is 0 Å². The second kappa shape index (κ2) is 16.2. The SMILES string of the molecule is O=C(CCCN1CCC(Cc2ccccc2)CC1)c1ccc2c(c1)Cc1cc(C(=O)CCCN3CCC(Cc4ccccc4)CC3)ccc1-2. The fourth-order valence-corrected chi connectivity index (χ4v) is 8.50. The van der Waals surface area contributed by atoms with Crippen molar-refractivity contribution in [2.45, 2.75) is 70.6 Å². The molecule has 0 amide bonds. The number of hydrogen-bond donors (Lipinski definition) is 0. The Morgan fingerprint density at radius 3 is 1.35 bits per heavy atom. The van der Waals surface area contributed by atoms with Crippen LogP contribution < -0.4 is 0 Å². The van der Waals surface area contributed by atoms with Gasteiger partial charge < -0.3 is 9.80 Å². The number of Topliss-reactive ketones (excluding diaryl/α,β-unsaturated/α-hetero) is 2. The molecule has 254 valence electrons. The van der Waals surface area contributed by atoms with Crippen molar-refractivity contribution in [1.29, 1.82) is 0 Å². The molecule has 1 aliphatic carbocycles. The van der Waals surface area contributed by atoms with E-state index in [1.54, 1.807) is 0 Å².